The van der Waals surface area contributed by atoms with E-state index in [2.05, 4.69) is 5.32 Å². The van der Waals surface area contributed by atoms with Crippen LogP contribution in [0.15, 0.2) is 54.6 Å². The molecule has 2 rings (SSSR count). The molecule has 0 aliphatic heterocycles. The molecule has 0 radical (unpaired) electrons. The summed E-state index contributed by atoms with van der Waals surface area (Å²) < 4.78 is 0. The van der Waals surface area contributed by atoms with Crippen molar-refractivity contribution in [3.05, 3.63) is 70.7 Å². The zero-order valence-corrected chi connectivity index (χ0v) is 12.7. The molecular weight excluding hydrogens is 284 g/mol. The van der Waals surface area contributed by atoms with E-state index in [1.165, 1.54) is 0 Å². The lowest BCUT2D eigenvalue weighted by molar-refractivity contribution is -0.126. The first-order chi connectivity index (χ1) is 10.00. The van der Waals surface area contributed by atoms with Gasteiger partial charge in [-0.1, -0.05) is 54.1 Å². The van der Waals surface area contributed by atoms with Gasteiger partial charge in [-0.25, -0.2) is 0 Å². The molecule has 0 fully saturated rings. The Morgan fingerprint density at radius 3 is 2.57 bits per heavy atom. The average molecular weight is 303 g/mol. The standard InChI is InChI=1S/C17H19ClN2O/c1-17(19,14-7-3-2-4-8-14)16(21)20-11-10-13-6-5-9-15(18)12-13/h2-9,12H,10-11,19H2,1H3,(H,20,21). The highest BCUT2D eigenvalue weighted by molar-refractivity contribution is 6.30. The first kappa shape index (κ1) is 15.5. The number of rotatable bonds is 5. The molecule has 110 valence electrons. The minimum absolute atomic E-state index is 0.185. The number of nitrogens with one attached hydrogen (secondary N) is 1. The first-order valence-corrected chi connectivity index (χ1v) is 7.25. The van der Waals surface area contributed by atoms with Crippen molar-refractivity contribution in [3.63, 3.8) is 0 Å². The molecule has 0 aliphatic carbocycles. The van der Waals surface area contributed by atoms with E-state index in [9.17, 15) is 4.79 Å². The average Bonchev–Trinajstić information content (AvgIpc) is 2.48. The predicted molar refractivity (Wildman–Crippen MR) is 86.1 cm³/mol. The van der Waals surface area contributed by atoms with Crippen LogP contribution in [-0.2, 0) is 16.8 Å². The van der Waals surface area contributed by atoms with E-state index in [0.29, 0.717) is 11.6 Å². The number of benzene rings is 2. The zero-order chi connectivity index (χ0) is 15.3. The Hall–Kier alpha value is -1.84. The Morgan fingerprint density at radius 1 is 1.19 bits per heavy atom. The molecule has 0 bridgehead atoms. The van der Waals surface area contributed by atoms with E-state index < -0.39 is 5.54 Å². The molecule has 0 heterocycles. The van der Waals surface area contributed by atoms with E-state index >= 15 is 0 Å². The summed E-state index contributed by atoms with van der Waals surface area (Å²) in [6.07, 6.45) is 0.719. The Kier molecular flexibility index (Phi) is 4.99. The smallest absolute Gasteiger partial charge is 0.244 e. The van der Waals surface area contributed by atoms with Crippen LogP contribution in [0.2, 0.25) is 5.02 Å². The summed E-state index contributed by atoms with van der Waals surface area (Å²) in [4.78, 5) is 12.3. The molecule has 2 aromatic rings. The lowest BCUT2D eigenvalue weighted by Crippen LogP contribution is -2.49. The Bertz CT molecular complexity index is 611. The number of amides is 1. The predicted octanol–water partition coefficient (Wildman–Crippen LogP) is 2.87. The zero-order valence-electron chi connectivity index (χ0n) is 12.0. The largest absolute Gasteiger partial charge is 0.354 e. The number of halogens is 1. The van der Waals surface area contributed by atoms with Crippen molar-refractivity contribution >= 4 is 17.5 Å². The molecule has 0 saturated heterocycles. The van der Waals surface area contributed by atoms with Gasteiger partial charge in [-0.05, 0) is 36.6 Å². The Morgan fingerprint density at radius 2 is 1.90 bits per heavy atom. The fourth-order valence-corrected chi connectivity index (χ4v) is 2.32. The Labute approximate surface area is 130 Å². The molecule has 0 saturated carbocycles. The third-order valence-electron chi connectivity index (χ3n) is 3.43. The number of hydrogen-bond acceptors (Lipinski definition) is 2. The van der Waals surface area contributed by atoms with Crippen molar-refractivity contribution in [2.24, 2.45) is 5.73 Å². The monoisotopic (exact) mass is 302 g/mol. The maximum atomic E-state index is 12.3. The summed E-state index contributed by atoms with van der Waals surface area (Å²) in [5.41, 5.74) is 7.00. The summed E-state index contributed by atoms with van der Waals surface area (Å²) in [6, 6.07) is 17.0. The maximum Gasteiger partial charge on any atom is 0.244 e. The SMILES string of the molecule is CC(N)(C(=O)NCCc1cccc(Cl)c1)c1ccccc1. The van der Waals surface area contributed by atoms with E-state index in [0.717, 1.165) is 17.5 Å². The minimum Gasteiger partial charge on any atom is -0.354 e. The highest BCUT2D eigenvalue weighted by Crippen LogP contribution is 2.17. The van der Waals surface area contributed by atoms with E-state index in [-0.39, 0.29) is 5.91 Å². The summed E-state index contributed by atoms with van der Waals surface area (Å²) in [5, 5.41) is 3.58. The molecule has 21 heavy (non-hydrogen) atoms. The van der Waals surface area contributed by atoms with Gasteiger partial charge in [-0.2, -0.15) is 0 Å². The minimum atomic E-state index is -1.03. The molecule has 3 N–H and O–H groups in total. The molecule has 3 nitrogen and oxygen atoms in total. The number of nitrogens with two attached hydrogens (primary N) is 1. The normalized spacial score (nSPS) is 13.5. The van der Waals surface area contributed by atoms with Crippen LogP contribution in [0.25, 0.3) is 0 Å². The van der Waals surface area contributed by atoms with Gasteiger partial charge in [0, 0.05) is 11.6 Å². The van der Waals surface area contributed by atoms with Crippen molar-refractivity contribution in [2.45, 2.75) is 18.9 Å². The molecule has 1 atom stereocenters. The highest BCUT2D eigenvalue weighted by Gasteiger charge is 2.29. The second kappa shape index (κ2) is 6.74. The van der Waals surface area contributed by atoms with Gasteiger partial charge >= 0.3 is 0 Å². The summed E-state index contributed by atoms with van der Waals surface area (Å²) in [5.74, 6) is -0.185. The van der Waals surface area contributed by atoms with Crippen LogP contribution < -0.4 is 11.1 Å². The number of carbonyl (C=O) groups excluding carboxylic acids is 1. The van der Waals surface area contributed by atoms with Gasteiger partial charge < -0.3 is 11.1 Å². The van der Waals surface area contributed by atoms with Gasteiger partial charge in [0.2, 0.25) is 5.91 Å². The van der Waals surface area contributed by atoms with E-state index in [4.69, 9.17) is 17.3 Å². The summed E-state index contributed by atoms with van der Waals surface area (Å²) in [7, 11) is 0. The molecule has 4 heteroatoms. The fraction of sp³-hybridized carbons (Fsp3) is 0.235. The van der Waals surface area contributed by atoms with Crippen molar-refractivity contribution < 1.29 is 4.79 Å². The van der Waals surface area contributed by atoms with Gasteiger partial charge in [-0.3, -0.25) is 4.79 Å². The lowest BCUT2D eigenvalue weighted by Gasteiger charge is -2.24. The van der Waals surface area contributed by atoms with E-state index in [1.54, 1.807) is 6.92 Å². The fourth-order valence-electron chi connectivity index (χ4n) is 2.11. The van der Waals surface area contributed by atoms with E-state index in [1.807, 2.05) is 54.6 Å². The van der Waals surface area contributed by atoms with Crippen LogP contribution in [0.3, 0.4) is 0 Å². The topological polar surface area (TPSA) is 55.1 Å². The molecule has 1 unspecified atom stereocenters. The van der Waals surface area contributed by atoms with Gasteiger partial charge in [0.25, 0.3) is 0 Å². The van der Waals surface area contributed by atoms with Crippen molar-refractivity contribution in [2.75, 3.05) is 6.54 Å². The van der Waals surface area contributed by atoms with Crippen LogP contribution in [-0.4, -0.2) is 12.5 Å². The highest BCUT2D eigenvalue weighted by atomic mass is 35.5. The summed E-state index contributed by atoms with van der Waals surface area (Å²) in [6.45, 7) is 2.25. The van der Waals surface area contributed by atoms with Crippen LogP contribution in [0.4, 0.5) is 0 Å². The van der Waals surface area contributed by atoms with Crippen molar-refractivity contribution in [1.29, 1.82) is 0 Å². The van der Waals surface area contributed by atoms with Crippen LogP contribution in [0.5, 0.6) is 0 Å². The van der Waals surface area contributed by atoms with Gasteiger partial charge in [0.15, 0.2) is 0 Å². The quantitative estimate of drug-likeness (QED) is 0.892. The molecule has 0 spiro atoms. The molecule has 0 aromatic heterocycles. The van der Waals surface area contributed by atoms with Crippen molar-refractivity contribution in [3.8, 4) is 0 Å². The lowest BCUT2D eigenvalue weighted by atomic mass is 9.92. The second-order valence-electron chi connectivity index (χ2n) is 5.20. The second-order valence-corrected chi connectivity index (χ2v) is 5.64. The van der Waals surface area contributed by atoms with Gasteiger partial charge in [0.05, 0.1) is 0 Å². The Balaban J connectivity index is 1.93. The molecule has 0 aliphatic rings. The molecule has 1 amide bonds. The van der Waals surface area contributed by atoms with Crippen LogP contribution >= 0.6 is 11.6 Å². The number of hydrogen-bond donors (Lipinski definition) is 2. The van der Waals surface area contributed by atoms with Gasteiger partial charge in [0.1, 0.15) is 5.54 Å². The number of carbonyl (C=O) groups is 1. The van der Waals surface area contributed by atoms with Crippen molar-refractivity contribution in [1.82, 2.24) is 5.32 Å². The third-order valence-corrected chi connectivity index (χ3v) is 3.67. The molecular formula is C17H19ClN2O. The van der Waals surface area contributed by atoms with Crippen LogP contribution in [0, 0.1) is 0 Å². The first-order valence-electron chi connectivity index (χ1n) is 6.87. The third kappa shape index (κ3) is 4.06. The van der Waals surface area contributed by atoms with Crippen LogP contribution in [0.1, 0.15) is 18.1 Å². The maximum absolute atomic E-state index is 12.3. The summed E-state index contributed by atoms with van der Waals surface area (Å²) >= 11 is 5.93. The van der Waals surface area contributed by atoms with Gasteiger partial charge in [-0.15, -0.1) is 0 Å². The molecule has 2 aromatic carbocycles.